The van der Waals surface area contributed by atoms with Gasteiger partial charge in [-0.15, -0.1) is 0 Å². The van der Waals surface area contributed by atoms with Crippen LogP contribution in [-0.2, 0) is 9.84 Å². The second kappa shape index (κ2) is 9.71. The first kappa shape index (κ1) is 27.0. The number of aromatic nitrogens is 1. The van der Waals surface area contributed by atoms with E-state index >= 15 is 0 Å². The van der Waals surface area contributed by atoms with Crippen molar-refractivity contribution in [2.75, 3.05) is 41.3 Å². The molecule has 3 aromatic rings. The van der Waals surface area contributed by atoms with E-state index in [1.807, 2.05) is 0 Å². The van der Waals surface area contributed by atoms with Gasteiger partial charge >= 0.3 is 0 Å². The molecule has 2 saturated heterocycles. The van der Waals surface area contributed by atoms with Crippen molar-refractivity contribution in [2.45, 2.75) is 68.4 Å². The highest BCUT2D eigenvalue weighted by Gasteiger charge is 2.45. The minimum absolute atomic E-state index is 0.125. The number of halogens is 2. The van der Waals surface area contributed by atoms with Gasteiger partial charge in [0, 0.05) is 44.4 Å². The molecule has 1 saturated carbocycles. The molecular formula is C29H34F2N4O4S. The van der Waals surface area contributed by atoms with Crippen LogP contribution < -0.4 is 15.1 Å². The SMILES string of the molecule is CC(C)S(=O)(=O)c1ccc(C(=O)Nc2cc3ccoc3c(N3CCC(F)(F)CC3)n2)c(N2CCC3(CC2)CC3)c1. The molecule has 0 radical (unpaired) electrons. The zero-order valence-electron chi connectivity index (χ0n) is 22.8. The smallest absolute Gasteiger partial charge is 0.258 e. The zero-order chi connectivity index (χ0) is 28.3. The molecule has 3 fully saturated rings. The Bertz CT molecular complexity index is 1550. The number of amides is 1. The minimum Gasteiger partial charge on any atom is -0.460 e. The number of hydrogen-bond acceptors (Lipinski definition) is 7. The average Bonchev–Trinajstić information content (AvgIpc) is 3.50. The highest BCUT2D eigenvalue weighted by molar-refractivity contribution is 7.92. The van der Waals surface area contributed by atoms with Gasteiger partial charge in [0.05, 0.1) is 27.7 Å². The molecule has 214 valence electrons. The number of hydrogen-bond donors (Lipinski definition) is 1. The molecule has 0 bridgehead atoms. The molecule has 4 heterocycles. The lowest BCUT2D eigenvalue weighted by atomic mass is 9.93. The Labute approximate surface area is 232 Å². The molecule has 2 aromatic heterocycles. The maximum atomic E-state index is 13.8. The minimum atomic E-state index is -3.53. The van der Waals surface area contributed by atoms with Crippen LogP contribution in [0.25, 0.3) is 11.0 Å². The number of pyridine rings is 1. The Kier molecular flexibility index (Phi) is 6.55. The van der Waals surface area contributed by atoms with Crippen LogP contribution in [-0.4, -0.2) is 56.7 Å². The lowest BCUT2D eigenvalue weighted by Gasteiger charge is -2.35. The average molecular weight is 573 g/mol. The molecule has 1 aliphatic carbocycles. The van der Waals surface area contributed by atoms with Gasteiger partial charge < -0.3 is 19.5 Å². The summed E-state index contributed by atoms with van der Waals surface area (Å²) < 4.78 is 59.2. The lowest BCUT2D eigenvalue weighted by Crippen LogP contribution is -2.39. The van der Waals surface area contributed by atoms with E-state index in [2.05, 4.69) is 15.2 Å². The van der Waals surface area contributed by atoms with Gasteiger partial charge in [-0.05, 0) is 75.3 Å². The number of nitrogens with zero attached hydrogens (tertiary/aromatic N) is 3. The summed E-state index contributed by atoms with van der Waals surface area (Å²) in [6, 6.07) is 8.12. The third kappa shape index (κ3) is 5.04. The molecule has 8 nitrogen and oxygen atoms in total. The van der Waals surface area contributed by atoms with E-state index in [1.165, 1.54) is 25.2 Å². The van der Waals surface area contributed by atoms with Gasteiger partial charge in [-0.1, -0.05) is 0 Å². The summed E-state index contributed by atoms with van der Waals surface area (Å²) in [6.45, 7) is 5.06. The topological polar surface area (TPSA) is 95.7 Å². The van der Waals surface area contributed by atoms with Crippen molar-refractivity contribution in [1.29, 1.82) is 0 Å². The number of carbonyl (C=O) groups is 1. The number of fused-ring (bicyclic) bond motifs is 1. The second-order valence-electron chi connectivity index (χ2n) is 11.7. The van der Waals surface area contributed by atoms with Crippen LogP contribution in [0, 0.1) is 5.41 Å². The first-order valence-corrected chi connectivity index (χ1v) is 15.5. The molecular weight excluding hydrogens is 538 g/mol. The molecule has 0 atom stereocenters. The number of piperidine rings is 2. The molecule has 40 heavy (non-hydrogen) atoms. The van der Waals surface area contributed by atoms with Crippen molar-refractivity contribution >= 4 is 44.0 Å². The number of sulfone groups is 1. The Morgan fingerprint density at radius 2 is 1.65 bits per heavy atom. The maximum absolute atomic E-state index is 13.8. The van der Waals surface area contributed by atoms with Crippen LogP contribution in [0.2, 0.25) is 0 Å². The second-order valence-corrected chi connectivity index (χ2v) is 14.2. The van der Waals surface area contributed by atoms with Crippen molar-refractivity contribution in [3.05, 3.63) is 42.2 Å². The predicted octanol–water partition coefficient (Wildman–Crippen LogP) is 5.88. The van der Waals surface area contributed by atoms with E-state index < -0.39 is 26.9 Å². The fraction of sp³-hybridized carbons (Fsp3) is 0.517. The van der Waals surface area contributed by atoms with Gasteiger partial charge in [-0.25, -0.2) is 22.2 Å². The number of alkyl halides is 2. The van der Waals surface area contributed by atoms with Crippen LogP contribution in [0.15, 0.2) is 45.9 Å². The normalized spacial score (nSPS) is 20.3. The highest BCUT2D eigenvalue weighted by atomic mass is 32.2. The van der Waals surface area contributed by atoms with Crippen molar-refractivity contribution < 1.29 is 26.4 Å². The summed E-state index contributed by atoms with van der Waals surface area (Å²) in [7, 11) is -3.53. The summed E-state index contributed by atoms with van der Waals surface area (Å²) in [4.78, 5) is 22.4. The molecule has 1 aromatic carbocycles. The van der Waals surface area contributed by atoms with Crippen LogP contribution >= 0.6 is 0 Å². The van der Waals surface area contributed by atoms with Gasteiger partial charge in [0.2, 0.25) is 0 Å². The quantitative estimate of drug-likeness (QED) is 0.394. The fourth-order valence-electron chi connectivity index (χ4n) is 5.78. The monoisotopic (exact) mass is 572 g/mol. The number of carbonyl (C=O) groups excluding carboxylic acids is 1. The fourth-order valence-corrected chi connectivity index (χ4v) is 6.86. The molecule has 6 rings (SSSR count). The Morgan fingerprint density at radius 3 is 2.30 bits per heavy atom. The summed E-state index contributed by atoms with van der Waals surface area (Å²) in [6.07, 6.45) is 5.46. The van der Waals surface area contributed by atoms with Gasteiger partial charge in [-0.3, -0.25) is 4.79 Å². The maximum Gasteiger partial charge on any atom is 0.258 e. The number of nitrogens with one attached hydrogen (secondary N) is 1. The van der Waals surface area contributed by atoms with E-state index in [0.717, 1.165) is 25.9 Å². The van der Waals surface area contributed by atoms with Crippen LogP contribution in [0.3, 0.4) is 0 Å². The van der Waals surface area contributed by atoms with Crippen LogP contribution in [0.4, 0.5) is 26.1 Å². The van der Waals surface area contributed by atoms with Crippen molar-refractivity contribution in [1.82, 2.24) is 4.98 Å². The molecule has 1 spiro atoms. The molecule has 2 aliphatic heterocycles. The van der Waals surface area contributed by atoms with E-state index in [1.54, 1.807) is 43.0 Å². The van der Waals surface area contributed by atoms with Crippen LogP contribution in [0.1, 0.15) is 62.7 Å². The Morgan fingerprint density at radius 1 is 0.975 bits per heavy atom. The predicted molar refractivity (Wildman–Crippen MR) is 150 cm³/mol. The van der Waals surface area contributed by atoms with Gasteiger partial charge in [0.15, 0.2) is 21.2 Å². The zero-order valence-corrected chi connectivity index (χ0v) is 23.6. The number of anilines is 3. The highest BCUT2D eigenvalue weighted by Crippen LogP contribution is 2.54. The Balaban J connectivity index is 1.32. The van der Waals surface area contributed by atoms with Crippen molar-refractivity contribution in [2.24, 2.45) is 5.41 Å². The van der Waals surface area contributed by atoms with Crippen LogP contribution in [0.5, 0.6) is 0 Å². The molecule has 1 N–H and O–H groups in total. The van der Waals surface area contributed by atoms with E-state index in [4.69, 9.17) is 4.42 Å². The molecule has 0 unspecified atom stereocenters. The summed E-state index contributed by atoms with van der Waals surface area (Å²) in [5.41, 5.74) is 1.86. The summed E-state index contributed by atoms with van der Waals surface area (Å²) in [5, 5.41) is 2.99. The third-order valence-electron chi connectivity index (χ3n) is 8.74. The van der Waals surface area contributed by atoms with Gasteiger partial charge in [-0.2, -0.15) is 0 Å². The molecule has 11 heteroatoms. The number of rotatable bonds is 6. The number of benzene rings is 1. The summed E-state index contributed by atoms with van der Waals surface area (Å²) >= 11 is 0. The van der Waals surface area contributed by atoms with E-state index in [9.17, 15) is 22.0 Å². The van der Waals surface area contributed by atoms with E-state index in [0.29, 0.717) is 33.5 Å². The van der Waals surface area contributed by atoms with Gasteiger partial charge in [0.25, 0.3) is 11.8 Å². The number of furan rings is 1. The largest absolute Gasteiger partial charge is 0.460 e. The molecule has 1 amide bonds. The van der Waals surface area contributed by atoms with Crippen molar-refractivity contribution in [3.63, 3.8) is 0 Å². The summed E-state index contributed by atoms with van der Waals surface area (Å²) in [5.74, 6) is -2.44. The van der Waals surface area contributed by atoms with E-state index in [-0.39, 0.29) is 36.6 Å². The van der Waals surface area contributed by atoms with Crippen molar-refractivity contribution in [3.8, 4) is 0 Å². The first-order chi connectivity index (χ1) is 19.0. The van der Waals surface area contributed by atoms with Gasteiger partial charge in [0.1, 0.15) is 5.82 Å². The first-order valence-electron chi connectivity index (χ1n) is 13.9. The standard InChI is InChI=1S/C29H34F2N4O4S/c1-19(2)40(37,38)21-3-4-22(23(18-21)34-12-8-28(6-7-28)9-13-34)27(36)33-24-17-20-5-16-39-25(20)26(32-24)35-14-10-29(30,31)11-15-35/h3-5,16-19H,6-15H2,1-2H3,(H,32,33,36). The Hall–Kier alpha value is -3.21. The third-order valence-corrected chi connectivity index (χ3v) is 10.9. The molecule has 3 aliphatic rings. The lowest BCUT2D eigenvalue weighted by molar-refractivity contribution is -0.0221.